The molecule has 0 nitrogen and oxygen atoms in total. The van der Waals surface area contributed by atoms with E-state index in [1.807, 2.05) is 18.2 Å². The van der Waals surface area contributed by atoms with E-state index in [9.17, 15) is 0 Å². The molecule has 58 valence electrons. The van der Waals surface area contributed by atoms with Gasteiger partial charge in [-0.15, -0.1) is 18.2 Å². The van der Waals surface area contributed by atoms with Crippen LogP contribution < -0.4 is 0 Å². The van der Waals surface area contributed by atoms with Crippen LogP contribution in [0.5, 0.6) is 0 Å². The number of allylic oxidation sites excluding steroid dienone is 1. The number of benzene rings is 1. The van der Waals surface area contributed by atoms with Gasteiger partial charge in [0.2, 0.25) is 0 Å². The van der Waals surface area contributed by atoms with E-state index in [0.29, 0.717) is 0 Å². The number of hydrogen-bond donors (Lipinski definition) is 1. The maximum atomic E-state index is 4.15. The summed E-state index contributed by atoms with van der Waals surface area (Å²) in [5.74, 6) is 0. The van der Waals surface area contributed by atoms with Gasteiger partial charge in [-0.05, 0) is 18.1 Å². The standard InChI is InChI=1S/C9H10S2/c1-2-5-8-6-3-4-7-9(8)11-10/h2-4,6-7,10H,1,5H2. The molecule has 0 aliphatic heterocycles. The van der Waals surface area contributed by atoms with Crippen molar-refractivity contribution in [2.75, 3.05) is 0 Å². The van der Waals surface area contributed by atoms with Crippen LogP contribution in [-0.4, -0.2) is 0 Å². The highest BCUT2D eigenvalue weighted by Crippen LogP contribution is 2.25. The monoisotopic (exact) mass is 182 g/mol. The van der Waals surface area contributed by atoms with Gasteiger partial charge in [0.05, 0.1) is 0 Å². The average Bonchev–Trinajstić information content (AvgIpc) is 2.06. The topological polar surface area (TPSA) is 0 Å². The molecule has 0 fully saturated rings. The third-order valence-electron chi connectivity index (χ3n) is 1.44. The first-order valence-corrected chi connectivity index (χ1v) is 5.25. The van der Waals surface area contributed by atoms with E-state index in [4.69, 9.17) is 0 Å². The van der Waals surface area contributed by atoms with Crippen molar-refractivity contribution in [3.8, 4) is 0 Å². The van der Waals surface area contributed by atoms with Crippen molar-refractivity contribution in [3.05, 3.63) is 42.5 Å². The molecule has 0 spiro atoms. The number of thiol groups is 1. The molecular formula is C9H10S2. The summed E-state index contributed by atoms with van der Waals surface area (Å²) in [5, 5.41) is 0. The van der Waals surface area contributed by atoms with Gasteiger partial charge in [-0.2, -0.15) is 0 Å². The second-order valence-corrected chi connectivity index (χ2v) is 3.36. The van der Waals surface area contributed by atoms with Crippen molar-refractivity contribution in [2.45, 2.75) is 11.3 Å². The van der Waals surface area contributed by atoms with E-state index in [1.165, 1.54) is 21.3 Å². The predicted molar refractivity (Wildman–Crippen MR) is 55.2 cm³/mol. The molecule has 0 N–H and O–H groups in total. The summed E-state index contributed by atoms with van der Waals surface area (Å²) in [6.45, 7) is 3.70. The summed E-state index contributed by atoms with van der Waals surface area (Å²) in [5.41, 5.74) is 1.29. The first-order valence-electron chi connectivity index (χ1n) is 3.38. The Hall–Kier alpha value is -0.340. The highest BCUT2D eigenvalue weighted by atomic mass is 33.1. The largest absolute Gasteiger partial charge is 0.106 e. The Balaban J connectivity index is 2.92. The molecule has 1 aromatic rings. The van der Waals surface area contributed by atoms with Crippen molar-refractivity contribution < 1.29 is 0 Å². The number of rotatable bonds is 3. The predicted octanol–water partition coefficient (Wildman–Crippen LogP) is 3.35. The summed E-state index contributed by atoms with van der Waals surface area (Å²) in [6, 6.07) is 8.22. The highest BCUT2D eigenvalue weighted by Gasteiger charge is 1.96. The third-order valence-corrected chi connectivity index (χ3v) is 2.62. The van der Waals surface area contributed by atoms with Gasteiger partial charge in [0.1, 0.15) is 0 Å². The van der Waals surface area contributed by atoms with E-state index in [2.05, 4.69) is 30.4 Å². The van der Waals surface area contributed by atoms with Crippen LogP contribution in [0.3, 0.4) is 0 Å². The molecule has 2 heteroatoms. The molecule has 0 aliphatic carbocycles. The lowest BCUT2D eigenvalue weighted by Gasteiger charge is -2.01. The highest BCUT2D eigenvalue weighted by molar-refractivity contribution is 8.68. The molecule has 0 saturated heterocycles. The Morgan fingerprint density at radius 2 is 2.18 bits per heavy atom. The molecule has 0 unspecified atom stereocenters. The molecule has 0 aromatic heterocycles. The van der Waals surface area contributed by atoms with Crippen LogP contribution in [0.4, 0.5) is 0 Å². The molecule has 1 rings (SSSR count). The summed E-state index contributed by atoms with van der Waals surface area (Å²) in [7, 11) is 1.48. The molecule has 1 aromatic carbocycles. The molecule has 0 aliphatic rings. The molecule has 0 saturated carbocycles. The van der Waals surface area contributed by atoms with Crippen LogP contribution in [-0.2, 0) is 6.42 Å². The quantitative estimate of drug-likeness (QED) is 0.425. The Labute approximate surface area is 76.5 Å². The van der Waals surface area contributed by atoms with Crippen LogP contribution >= 0.6 is 22.5 Å². The van der Waals surface area contributed by atoms with Crippen molar-refractivity contribution in [3.63, 3.8) is 0 Å². The second-order valence-electron chi connectivity index (χ2n) is 2.19. The molecule has 11 heavy (non-hydrogen) atoms. The van der Waals surface area contributed by atoms with E-state index in [1.54, 1.807) is 0 Å². The molecule has 0 heterocycles. The second kappa shape index (κ2) is 4.52. The van der Waals surface area contributed by atoms with Crippen LogP contribution in [0.15, 0.2) is 41.8 Å². The molecule has 0 radical (unpaired) electrons. The fourth-order valence-corrected chi connectivity index (χ4v) is 1.86. The first kappa shape index (κ1) is 8.75. The first-order chi connectivity index (χ1) is 5.38. The average molecular weight is 182 g/mol. The maximum absolute atomic E-state index is 4.15. The van der Waals surface area contributed by atoms with Crippen LogP contribution in [0, 0.1) is 0 Å². The third kappa shape index (κ3) is 2.31. The Morgan fingerprint density at radius 3 is 2.82 bits per heavy atom. The SMILES string of the molecule is C=CCc1ccccc1SS. The van der Waals surface area contributed by atoms with Crippen molar-refractivity contribution in [2.24, 2.45) is 0 Å². The van der Waals surface area contributed by atoms with Gasteiger partial charge >= 0.3 is 0 Å². The van der Waals surface area contributed by atoms with E-state index in [-0.39, 0.29) is 0 Å². The summed E-state index contributed by atoms with van der Waals surface area (Å²) in [6.07, 6.45) is 2.83. The van der Waals surface area contributed by atoms with Crippen LogP contribution in [0.1, 0.15) is 5.56 Å². The Kier molecular flexibility index (Phi) is 3.60. The minimum atomic E-state index is 0.920. The van der Waals surface area contributed by atoms with Crippen molar-refractivity contribution in [1.82, 2.24) is 0 Å². The normalized spacial score (nSPS) is 9.55. The Bertz CT molecular complexity index is 243. The van der Waals surface area contributed by atoms with Gasteiger partial charge in [-0.3, -0.25) is 0 Å². The van der Waals surface area contributed by atoms with Gasteiger partial charge in [-0.1, -0.05) is 35.1 Å². The molecular weight excluding hydrogens is 172 g/mol. The minimum Gasteiger partial charge on any atom is -0.106 e. The molecule has 0 bridgehead atoms. The summed E-state index contributed by atoms with van der Waals surface area (Å²) >= 11 is 4.15. The van der Waals surface area contributed by atoms with Gasteiger partial charge in [-0.25, -0.2) is 0 Å². The molecule has 0 amide bonds. The summed E-state index contributed by atoms with van der Waals surface area (Å²) < 4.78 is 0. The van der Waals surface area contributed by atoms with E-state index < -0.39 is 0 Å². The zero-order valence-electron chi connectivity index (χ0n) is 6.16. The smallest absolute Gasteiger partial charge is 0.0215 e. The summed E-state index contributed by atoms with van der Waals surface area (Å²) in [4.78, 5) is 1.22. The van der Waals surface area contributed by atoms with Gasteiger partial charge < -0.3 is 0 Å². The van der Waals surface area contributed by atoms with Gasteiger partial charge in [0.25, 0.3) is 0 Å². The maximum Gasteiger partial charge on any atom is 0.0215 e. The zero-order chi connectivity index (χ0) is 8.10. The van der Waals surface area contributed by atoms with Crippen molar-refractivity contribution in [1.29, 1.82) is 0 Å². The van der Waals surface area contributed by atoms with Crippen LogP contribution in [0.2, 0.25) is 0 Å². The zero-order valence-corrected chi connectivity index (χ0v) is 7.87. The lowest BCUT2D eigenvalue weighted by Crippen LogP contribution is -1.82. The van der Waals surface area contributed by atoms with Gasteiger partial charge in [0.15, 0.2) is 0 Å². The van der Waals surface area contributed by atoms with Gasteiger partial charge in [0, 0.05) is 4.90 Å². The molecule has 0 atom stereocenters. The lowest BCUT2D eigenvalue weighted by molar-refractivity contribution is 1.19. The minimum absolute atomic E-state index is 0.920. The van der Waals surface area contributed by atoms with E-state index >= 15 is 0 Å². The van der Waals surface area contributed by atoms with Crippen molar-refractivity contribution >= 4 is 22.5 Å². The fraction of sp³-hybridized carbons (Fsp3) is 0.111. The van der Waals surface area contributed by atoms with Crippen LogP contribution in [0.25, 0.3) is 0 Å². The lowest BCUT2D eigenvalue weighted by atomic mass is 10.1. The van der Waals surface area contributed by atoms with E-state index in [0.717, 1.165) is 6.42 Å². The number of hydrogen-bond acceptors (Lipinski definition) is 2. The Morgan fingerprint density at radius 1 is 1.45 bits per heavy atom. The fourth-order valence-electron chi connectivity index (χ4n) is 0.917.